The molecule has 9 heteroatoms. The molecular weight excluding hydrogens is 419 g/mol. The number of nitrogens with one attached hydrogen (secondary N) is 2. The summed E-state index contributed by atoms with van der Waals surface area (Å²) in [6.45, 7) is -0.455. The molecule has 0 aliphatic carbocycles. The van der Waals surface area contributed by atoms with E-state index >= 15 is 0 Å². The summed E-state index contributed by atoms with van der Waals surface area (Å²) in [5, 5.41) is 6.19. The standard InChI is InChI=1S/C20H20Cl2N2O5/c1-28-17-9-8-14(22)11-16(17)24-19(26)12-29-20(27)7-3-6-18(25)23-15-5-2-4-13(21)10-15/h2,4-5,8-11H,3,6-7,12H2,1H3,(H,23,25)(H,24,26). The van der Waals surface area contributed by atoms with Crippen LogP contribution in [-0.4, -0.2) is 31.5 Å². The van der Waals surface area contributed by atoms with E-state index in [9.17, 15) is 14.4 Å². The lowest BCUT2D eigenvalue weighted by atomic mass is 10.2. The quantitative estimate of drug-likeness (QED) is 0.569. The second kappa shape index (κ2) is 11.3. The van der Waals surface area contributed by atoms with Crippen molar-refractivity contribution >= 4 is 52.4 Å². The molecule has 0 heterocycles. The molecule has 0 aromatic heterocycles. The maximum absolute atomic E-state index is 11.9. The first-order valence-electron chi connectivity index (χ1n) is 8.72. The zero-order valence-electron chi connectivity index (χ0n) is 15.7. The zero-order chi connectivity index (χ0) is 21.2. The summed E-state index contributed by atoms with van der Waals surface area (Å²) < 4.78 is 10.0. The molecule has 2 aromatic carbocycles. The molecule has 0 fully saturated rings. The number of esters is 1. The Morgan fingerprint density at radius 3 is 2.41 bits per heavy atom. The van der Waals surface area contributed by atoms with Crippen molar-refractivity contribution in [2.45, 2.75) is 19.3 Å². The van der Waals surface area contributed by atoms with Crippen molar-refractivity contribution in [1.82, 2.24) is 0 Å². The summed E-state index contributed by atoms with van der Waals surface area (Å²) >= 11 is 11.7. The van der Waals surface area contributed by atoms with Crippen molar-refractivity contribution in [2.75, 3.05) is 24.4 Å². The summed E-state index contributed by atoms with van der Waals surface area (Å²) in [4.78, 5) is 35.6. The van der Waals surface area contributed by atoms with E-state index in [1.807, 2.05) is 0 Å². The normalized spacial score (nSPS) is 10.2. The molecule has 0 spiro atoms. The van der Waals surface area contributed by atoms with Gasteiger partial charge in [0, 0.05) is 28.6 Å². The molecule has 0 aliphatic heterocycles. The molecule has 0 unspecified atom stereocenters. The molecule has 0 saturated heterocycles. The summed E-state index contributed by atoms with van der Waals surface area (Å²) in [5.41, 5.74) is 0.955. The van der Waals surface area contributed by atoms with Gasteiger partial charge in [0.25, 0.3) is 5.91 Å². The molecule has 0 atom stereocenters. The molecule has 2 N–H and O–H groups in total. The van der Waals surface area contributed by atoms with E-state index < -0.39 is 18.5 Å². The number of hydrogen-bond donors (Lipinski definition) is 2. The highest BCUT2D eigenvalue weighted by molar-refractivity contribution is 6.31. The Hall–Kier alpha value is -2.77. The third kappa shape index (κ3) is 8.01. The fourth-order valence-electron chi connectivity index (χ4n) is 2.37. The van der Waals surface area contributed by atoms with E-state index in [0.717, 1.165) is 0 Å². The summed E-state index contributed by atoms with van der Waals surface area (Å²) in [6, 6.07) is 11.5. The average Bonchev–Trinajstić information content (AvgIpc) is 2.66. The molecule has 7 nitrogen and oxygen atoms in total. The molecule has 0 aliphatic rings. The largest absolute Gasteiger partial charge is 0.495 e. The highest BCUT2D eigenvalue weighted by atomic mass is 35.5. The summed E-state index contributed by atoms with van der Waals surface area (Å²) in [7, 11) is 1.46. The van der Waals surface area contributed by atoms with Crippen LogP contribution in [0.3, 0.4) is 0 Å². The van der Waals surface area contributed by atoms with Gasteiger partial charge in [-0.25, -0.2) is 0 Å². The number of anilines is 2. The van der Waals surface area contributed by atoms with Crippen LogP contribution in [0.15, 0.2) is 42.5 Å². The van der Waals surface area contributed by atoms with Crippen LogP contribution < -0.4 is 15.4 Å². The van der Waals surface area contributed by atoms with Gasteiger partial charge in [-0.2, -0.15) is 0 Å². The Bertz CT molecular complexity index is 889. The van der Waals surface area contributed by atoms with Crippen molar-refractivity contribution in [3.8, 4) is 5.75 Å². The van der Waals surface area contributed by atoms with E-state index in [1.165, 1.54) is 13.2 Å². The smallest absolute Gasteiger partial charge is 0.306 e. The number of carbonyl (C=O) groups is 3. The molecule has 2 amide bonds. The summed E-state index contributed by atoms with van der Waals surface area (Å²) in [6.07, 6.45) is 0.430. The van der Waals surface area contributed by atoms with Crippen LogP contribution in [0, 0.1) is 0 Å². The second-order valence-corrected chi connectivity index (χ2v) is 6.84. The molecular formula is C20H20Cl2N2O5. The number of ether oxygens (including phenoxy) is 2. The predicted octanol–water partition coefficient (Wildman–Crippen LogP) is 4.29. The number of carbonyl (C=O) groups excluding carboxylic acids is 3. The Labute approximate surface area is 178 Å². The van der Waals surface area contributed by atoms with E-state index in [-0.39, 0.29) is 25.2 Å². The van der Waals surface area contributed by atoms with Gasteiger partial charge in [-0.15, -0.1) is 0 Å². The van der Waals surface area contributed by atoms with Crippen LogP contribution in [0.25, 0.3) is 0 Å². The number of rotatable bonds is 9. The van der Waals surface area contributed by atoms with Gasteiger partial charge in [0.15, 0.2) is 6.61 Å². The van der Waals surface area contributed by atoms with Crippen LogP contribution in [0.5, 0.6) is 5.75 Å². The van der Waals surface area contributed by atoms with Crippen LogP contribution in [0.1, 0.15) is 19.3 Å². The second-order valence-electron chi connectivity index (χ2n) is 5.97. The fraction of sp³-hybridized carbons (Fsp3) is 0.250. The van der Waals surface area contributed by atoms with Gasteiger partial charge in [-0.1, -0.05) is 29.3 Å². The lowest BCUT2D eigenvalue weighted by Gasteiger charge is -2.11. The van der Waals surface area contributed by atoms with Crippen molar-refractivity contribution in [1.29, 1.82) is 0 Å². The van der Waals surface area contributed by atoms with Crippen molar-refractivity contribution in [2.24, 2.45) is 0 Å². The fourth-order valence-corrected chi connectivity index (χ4v) is 2.73. The number of benzene rings is 2. The van der Waals surface area contributed by atoms with E-state index in [0.29, 0.717) is 27.2 Å². The third-order valence-electron chi connectivity index (χ3n) is 3.69. The molecule has 29 heavy (non-hydrogen) atoms. The topological polar surface area (TPSA) is 93.7 Å². The van der Waals surface area contributed by atoms with Crippen LogP contribution in [0.4, 0.5) is 11.4 Å². The average molecular weight is 439 g/mol. The van der Waals surface area contributed by atoms with Gasteiger partial charge in [0.2, 0.25) is 5.91 Å². The lowest BCUT2D eigenvalue weighted by Crippen LogP contribution is -2.21. The molecule has 0 bridgehead atoms. The van der Waals surface area contributed by atoms with E-state index in [4.69, 9.17) is 32.7 Å². The number of amides is 2. The van der Waals surface area contributed by atoms with Gasteiger partial charge in [0.1, 0.15) is 5.75 Å². The van der Waals surface area contributed by atoms with E-state index in [1.54, 1.807) is 36.4 Å². The van der Waals surface area contributed by atoms with Crippen molar-refractivity contribution in [3.05, 3.63) is 52.5 Å². The number of halogens is 2. The zero-order valence-corrected chi connectivity index (χ0v) is 17.2. The maximum Gasteiger partial charge on any atom is 0.306 e. The van der Waals surface area contributed by atoms with Crippen LogP contribution >= 0.6 is 23.2 Å². The van der Waals surface area contributed by atoms with Crippen LogP contribution in [-0.2, 0) is 19.1 Å². The highest BCUT2D eigenvalue weighted by Crippen LogP contribution is 2.27. The first-order chi connectivity index (χ1) is 13.9. The molecule has 2 aromatic rings. The molecule has 154 valence electrons. The van der Waals surface area contributed by atoms with Gasteiger partial charge in [-0.3, -0.25) is 14.4 Å². The van der Waals surface area contributed by atoms with Crippen molar-refractivity contribution < 1.29 is 23.9 Å². The third-order valence-corrected chi connectivity index (χ3v) is 4.16. The van der Waals surface area contributed by atoms with Gasteiger partial charge in [-0.05, 0) is 42.8 Å². The van der Waals surface area contributed by atoms with Crippen molar-refractivity contribution in [3.63, 3.8) is 0 Å². The first-order valence-corrected chi connectivity index (χ1v) is 9.47. The van der Waals surface area contributed by atoms with Gasteiger partial charge in [0.05, 0.1) is 12.8 Å². The number of methoxy groups -OCH3 is 1. The first kappa shape index (κ1) is 22.5. The number of hydrogen-bond acceptors (Lipinski definition) is 5. The minimum Gasteiger partial charge on any atom is -0.495 e. The summed E-state index contributed by atoms with van der Waals surface area (Å²) in [5.74, 6) is -0.919. The monoisotopic (exact) mass is 438 g/mol. The Morgan fingerprint density at radius 2 is 1.69 bits per heavy atom. The Morgan fingerprint density at radius 1 is 0.931 bits per heavy atom. The highest BCUT2D eigenvalue weighted by Gasteiger charge is 2.12. The van der Waals surface area contributed by atoms with Crippen LogP contribution in [0.2, 0.25) is 10.0 Å². The Balaban J connectivity index is 1.68. The SMILES string of the molecule is COc1ccc(Cl)cc1NC(=O)COC(=O)CCCC(=O)Nc1cccc(Cl)c1. The minimum atomic E-state index is -0.575. The van der Waals surface area contributed by atoms with Gasteiger partial charge < -0.3 is 20.1 Å². The minimum absolute atomic E-state index is 0.0106. The maximum atomic E-state index is 11.9. The lowest BCUT2D eigenvalue weighted by molar-refractivity contribution is -0.147. The molecule has 0 radical (unpaired) electrons. The predicted molar refractivity (Wildman–Crippen MR) is 112 cm³/mol. The molecule has 0 saturated carbocycles. The molecule has 2 rings (SSSR count). The Kier molecular flexibility index (Phi) is 8.76. The van der Waals surface area contributed by atoms with E-state index in [2.05, 4.69) is 10.6 Å². The van der Waals surface area contributed by atoms with Gasteiger partial charge >= 0.3 is 5.97 Å².